The molecule has 3 saturated heterocycles. The molecule has 0 radical (unpaired) electrons. The number of aromatic nitrogens is 3. The first-order valence-corrected chi connectivity index (χ1v) is 11.5. The molecule has 33 heavy (non-hydrogen) atoms. The van der Waals surface area contributed by atoms with Crippen molar-refractivity contribution < 1.29 is 13.9 Å². The van der Waals surface area contributed by atoms with Gasteiger partial charge >= 0.3 is 0 Å². The van der Waals surface area contributed by atoms with Crippen LogP contribution in [0.15, 0.2) is 60.8 Å². The highest BCUT2D eigenvalue weighted by Crippen LogP contribution is 2.37. The maximum Gasteiger partial charge on any atom is 0.224 e. The molecule has 1 amide bonds. The van der Waals surface area contributed by atoms with Crippen LogP contribution in [-0.2, 0) is 24.5 Å². The molecule has 3 aliphatic heterocycles. The van der Waals surface area contributed by atoms with E-state index < -0.39 is 0 Å². The van der Waals surface area contributed by atoms with E-state index in [0.717, 1.165) is 49.5 Å². The summed E-state index contributed by atoms with van der Waals surface area (Å²) < 4.78 is 20.7. The van der Waals surface area contributed by atoms with Gasteiger partial charge in [-0.25, -0.2) is 4.39 Å². The Morgan fingerprint density at radius 2 is 1.97 bits per heavy atom. The van der Waals surface area contributed by atoms with Crippen LogP contribution in [0, 0.1) is 17.7 Å². The standard InChI is InChI=1S/C25H28FN5O2/c26-20-8-6-18(7-9-20)13-27-25(32)24-16-30-11-10-19(24)12-22(30)15-31-14-21(28-29-31)17-33-23-4-2-1-3-5-23/h1-9,14,19,22,24H,10-13,15-17H2,(H,27,32). The zero-order valence-electron chi connectivity index (χ0n) is 18.4. The van der Waals surface area contributed by atoms with Gasteiger partial charge in [-0.15, -0.1) is 5.10 Å². The minimum atomic E-state index is -0.267. The largest absolute Gasteiger partial charge is 0.487 e. The van der Waals surface area contributed by atoms with Gasteiger partial charge in [0.15, 0.2) is 0 Å². The van der Waals surface area contributed by atoms with Gasteiger partial charge in [0.1, 0.15) is 23.9 Å². The van der Waals surface area contributed by atoms with Crippen LogP contribution < -0.4 is 10.1 Å². The molecule has 7 nitrogen and oxygen atoms in total. The third-order valence-corrected chi connectivity index (χ3v) is 6.71. The summed E-state index contributed by atoms with van der Waals surface area (Å²) in [6.07, 6.45) is 3.96. The fraction of sp³-hybridized carbons (Fsp3) is 0.400. The maximum atomic E-state index is 13.1. The molecule has 4 atom stereocenters. The molecule has 2 bridgehead atoms. The summed E-state index contributed by atoms with van der Waals surface area (Å²) >= 11 is 0. The first-order valence-electron chi connectivity index (χ1n) is 11.5. The van der Waals surface area contributed by atoms with Crippen molar-refractivity contribution in [2.24, 2.45) is 11.8 Å². The van der Waals surface area contributed by atoms with E-state index in [4.69, 9.17) is 4.74 Å². The minimum Gasteiger partial charge on any atom is -0.487 e. The van der Waals surface area contributed by atoms with Crippen molar-refractivity contribution in [1.82, 2.24) is 25.2 Å². The van der Waals surface area contributed by atoms with Gasteiger partial charge in [-0.3, -0.25) is 14.4 Å². The maximum absolute atomic E-state index is 13.1. The number of ether oxygens (including phenoxy) is 1. The first-order chi connectivity index (χ1) is 16.1. The summed E-state index contributed by atoms with van der Waals surface area (Å²) in [6.45, 7) is 3.35. The van der Waals surface area contributed by atoms with Crippen molar-refractivity contribution in [3.63, 3.8) is 0 Å². The fourth-order valence-corrected chi connectivity index (χ4v) is 4.93. The van der Waals surface area contributed by atoms with E-state index >= 15 is 0 Å². The quantitative estimate of drug-likeness (QED) is 0.572. The van der Waals surface area contributed by atoms with Crippen LogP contribution in [0.5, 0.6) is 5.75 Å². The third-order valence-electron chi connectivity index (χ3n) is 6.71. The Hall–Kier alpha value is -3.26. The zero-order valence-corrected chi connectivity index (χ0v) is 18.4. The fourth-order valence-electron chi connectivity index (χ4n) is 4.93. The number of nitrogens with one attached hydrogen (secondary N) is 1. The highest BCUT2D eigenvalue weighted by Gasteiger charge is 2.43. The average molecular weight is 450 g/mol. The van der Waals surface area contributed by atoms with E-state index in [9.17, 15) is 9.18 Å². The molecule has 8 heteroatoms. The molecule has 4 unspecified atom stereocenters. The summed E-state index contributed by atoms with van der Waals surface area (Å²) in [6, 6.07) is 16.3. The summed E-state index contributed by atoms with van der Waals surface area (Å²) in [5.41, 5.74) is 1.70. The van der Waals surface area contributed by atoms with E-state index in [1.807, 2.05) is 41.2 Å². The van der Waals surface area contributed by atoms with Gasteiger partial charge in [0.25, 0.3) is 0 Å². The number of rotatable bonds is 8. The molecule has 1 aromatic heterocycles. The van der Waals surface area contributed by atoms with Crippen molar-refractivity contribution in [3.05, 3.63) is 77.9 Å². The molecule has 1 N–H and O–H groups in total. The van der Waals surface area contributed by atoms with Crippen molar-refractivity contribution in [1.29, 1.82) is 0 Å². The number of hydrogen-bond acceptors (Lipinski definition) is 5. The number of halogens is 1. The molecule has 0 saturated carbocycles. The number of fused-ring (bicyclic) bond motifs is 3. The lowest BCUT2D eigenvalue weighted by Crippen LogP contribution is -2.58. The van der Waals surface area contributed by atoms with Gasteiger partial charge in [-0.1, -0.05) is 35.5 Å². The smallest absolute Gasteiger partial charge is 0.224 e. The number of carbonyl (C=O) groups excluding carboxylic acids is 1. The number of hydrogen-bond donors (Lipinski definition) is 1. The Kier molecular flexibility index (Phi) is 6.35. The Morgan fingerprint density at radius 3 is 2.73 bits per heavy atom. The van der Waals surface area contributed by atoms with Gasteiger partial charge < -0.3 is 10.1 Å². The van der Waals surface area contributed by atoms with Gasteiger partial charge in [0.05, 0.1) is 18.7 Å². The SMILES string of the molecule is O=C(NCc1ccc(F)cc1)C1CN2CCC1CC2Cn1cc(COc2ccccc2)nn1. The van der Waals surface area contributed by atoms with Crippen LogP contribution in [0.25, 0.3) is 0 Å². The predicted molar refractivity (Wildman–Crippen MR) is 121 cm³/mol. The molecule has 0 spiro atoms. The van der Waals surface area contributed by atoms with Gasteiger partial charge in [0.2, 0.25) is 5.91 Å². The number of benzene rings is 2. The van der Waals surface area contributed by atoms with Crippen molar-refractivity contribution in [2.45, 2.75) is 38.6 Å². The van der Waals surface area contributed by atoms with Crippen LogP contribution >= 0.6 is 0 Å². The lowest BCUT2D eigenvalue weighted by Gasteiger charge is -2.49. The number of para-hydroxylation sites is 1. The van der Waals surface area contributed by atoms with Gasteiger partial charge in [0, 0.05) is 19.1 Å². The number of piperidine rings is 3. The summed E-state index contributed by atoms with van der Waals surface area (Å²) in [4.78, 5) is 15.2. The molecule has 3 aliphatic rings. The summed E-state index contributed by atoms with van der Waals surface area (Å²) in [7, 11) is 0. The van der Waals surface area contributed by atoms with Crippen molar-refractivity contribution in [2.75, 3.05) is 13.1 Å². The second-order valence-electron chi connectivity index (χ2n) is 8.92. The summed E-state index contributed by atoms with van der Waals surface area (Å²) in [5, 5.41) is 11.6. The predicted octanol–water partition coefficient (Wildman–Crippen LogP) is 3.02. The van der Waals surface area contributed by atoms with Gasteiger partial charge in [-0.2, -0.15) is 0 Å². The molecule has 4 heterocycles. The highest BCUT2D eigenvalue weighted by molar-refractivity contribution is 5.79. The second kappa shape index (κ2) is 9.70. The molecular formula is C25H28FN5O2. The number of amides is 1. The topological polar surface area (TPSA) is 72.3 Å². The lowest BCUT2D eigenvalue weighted by atomic mass is 9.75. The number of nitrogens with zero attached hydrogens (tertiary/aromatic N) is 4. The van der Waals surface area contributed by atoms with E-state index in [-0.39, 0.29) is 17.6 Å². The highest BCUT2D eigenvalue weighted by atomic mass is 19.1. The molecule has 2 aromatic carbocycles. The molecular weight excluding hydrogens is 421 g/mol. The van der Waals surface area contributed by atoms with Crippen LogP contribution in [0.3, 0.4) is 0 Å². The van der Waals surface area contributed by atoms with Crippen molar-refractivity contribution in [3.8, 4) is 5.75 Å². The molecule has 3 fully saturated rings. The van der Waals surface area contributed by atoms with Gasteiger partial charge in [-0.05, 0) is 55.1 Å². The third kappa shape index (κ3) is 5.22. The number of carbonyl (C=O) groups is 1. The Labute approximate surface area is 192 Å². The Balaban J connectivity index is 1.12. The molecule has 172 valence electrons. The Morgan fingerprint density at radius 1 is 1.15 bits per heavy atom. The average Bonchev–Trinajstić information content (AvgIpc) is 3.30. The zero-order chi connectivity index (χ0) is 22.6. The van der Waals surface area contributed by atoms with Crippen LogP contribution in [0.1, 0.15) is 24.1 Å². The van der Waals surface area contributed by atoms with E-state index in [1.54, 1.807) is 12.1 Å². The Bertz CT molecular complexity index is 1070. The van der Waals surface area contributed by atoms with E-state index in [0.29, 0.717) is 25.1 Å². The molecule has 6 rings (SSSR count). The van der Waals surface area contributed by atoms with E-state index in [2.05, 4.69) is 20.5 Å². The van der Waals surface area contributed by atoms with Crippen LogP contribution in [-0.4, -0.2) is 44.9 Å². The second-order valence-corrected chi connectivity index (χ2v) is 8.92. The summed E-state index contributed by atoms with van der Waals surface area (Å²) in [5.74, 6) is 1.01. The van der Waals surface area contributed by atoms with Crippen molar-refractivity contribution >= 4 is 5.91 Å². The van der Waals surface area contributed by atoms with Crippen LogP contribution in [0.2, 0.25) is 0 Å². The monoisotopic (exact) mass is 449 g/mol. The van der Waals surface area contributed by atoms with Crippen LogP contribution in [0.4, 0.5) is 4.39 Å². The lowest BCUT2D eigenvalue weighted by molar-refractivity contribution is -0.133. The first kappa shape index (κ1) is 21.6. The van der Waals surface area contributed by atoms with E-state index in [1.165, 1.54) is 12.1 Å². The molecule has 0 aliphatic carbocycles. The minimum absolute atomic E-state index is 0.000952. The molecule has 3 aromatic rings. The normalized spacial score (nSPS) is 23.9.